The van der Waals surface area contributed by atoms with Crippen LogP contribution in [0.4, 0.5) is 10.1 Å². The average molecular weight is 342 g/mol. The van der Waals surface area contributed by atoms with Gasteiger partial charge < -0.3 is 0 Å². The van der Waals surface area contributed by atoms with Crippen LogP contribution < -0.4 is 4.31 Å². The van der Waals surface area contributed by atoms with Crippen LogP contribution in [0.5, 0.6) is 0 Å². The molecule has 1 aliphatic rings. The van der Waals surface area contributed by atoms with Crippen molar-refractivity contribution in [3.05, 3.63) is 46.7 Å². The zero-order valence-electron chi connectivity index (χ0n) is 9.89. The fourth-order valence-electron chi connectivity index (χ4n) is 2.21. The number of anilines is 1. The number of rotatable bonds is 0. The minimum absolute atomic E-state index is 0.127. The monoisotopic (exact) mass is 341 g/mol. The molecule has 0 saturated heterocycles. The summed E-state index contributed by atoms with van der Waals surface area (Å²) in [5, 5.41) is 0. The minimum Gasteiger partial charge on any atom is -0.269 e. The second kappa shape index (κ2) is 4.05. The highest BCUT2D eigenvalue weighted by molar-refractivity contribution is 9.10. The summed E-state index contributed by atoms with van der Waals surface area (Å²) in [6.45, 7) is 0. The van der Waals surface area contributed by atoms with Crippen molar-refractivity contribution in [2.24, 2.45) is 0 Å². The zero-order valence-corrected chi connectivity index (χ0v) is 12.3. The Morgan fingerprint density at radius 3 is 2.58 bits per heavy atom. The third-order valence-corrected chi connectivity index (χ3v) is 5.49. The van der Waals surface area contributed by atoms with Crippen molar-refractivity contribution in [1.82, 2.24) is 0 Å². The molecule has 0 unspecified atom stereocenters. The molecule has 0 fully saturated rings. The number of halogens is 2. The Morgan fingerprint density at radius 2 is 1.84 bits per heavy atom. The van der Waals surface area contributed by atoms with Gasteiger partial charge in [-0.15, -0.1) is 0 Å². The van der Waals surface area contributed by atoms with Crippen LogP contribution in [0.15, 0.2) is 45.8 Å². The largest absolute Gasteiger partial charge is 0.269 e. The second-order valence-corrected chi connectivity index (χ2v) is 7.13. The van der Waals surface area contributed by atoms with Crippen molar-refractivity contribution in [2.45, 2.75) is 4.90 Å². The SMILES string of the molecule is CN1c2ccc(Br)cc2-c2cc(F)ccc2S1(=O)=O. The quantitative estimate of drug-likeness (QED) is 0.736. The molecule has 0 spiro atoms. The Morgan fingerprint density at radius 1 is 1.11 bits per heavy atom. The standard InChI is InChI=1S/C13H9BrFNO2S/c1-16-12-4-2-8(14)6-10(12)11-7-9(15)3-5-13(11)19(16,17)18/h2-7H,1H3. The molecule has 3 nitrogen and oxygen atoms in total. The minimum atomic E-state index is -3.61. The molecule has 2 aromatic rings. The lowest BCUT2D eigenvalue weighted by molar-refractivity contribution is 0.592. The molecule has 2 aromatic carbocycles. The van der Waals surface area contributed by atoms with Crippen LogP contribution in [0, 0.1) is 5.82 Å². The van der Waals surface area contributed by atoms with Crippen LogP contribution in [-0.4, -0.2) is 15.5 Å². The fourth-order valence-corrected chi connectivity index (χ4v) is 3.97. The number of hydrogen-bond donors (Lipinski definition) is 0. The van der Waals surface area contributed by atoms with Gasteiger partial charge in [-0.3, -0.25) is 4.31 Å². The van der Waals surface area contributed by atoms with Crippen LogP contribution in [0.25, 0.3) is 11.1 Å². The van der Waals surface area contributed by atoms with Crippen molar-refractivity contribution < 1.29 is 12.8 Å². The van der Waals surface area contributed by atoms with E-state index in [1.165, 1.54) is 23.5 Å². The number of benzene rings is 2. The first-order valence-electron chi connectivity index (χ1n) is 5.49. The molecule has 0 aromatic heterocycles. The van der Waals surface area contributed by atoms with Gasteiger partial charge in [0.1, 0.15) is 5.82 Å². The highest BCUT2D eigenvalue weighted by Crippen LogP contribution is 2.43. The summed E-state index contributed by atoms with van der Waals surface area (Å²) in [5.41, 5.74) is 1.64. The number of fused-ring (bicyclic) bond motifs is 3. The van der Waals surface area contributed by atoms with Crippen molar-refractivity contribution in [2.75, 3.05) is 11.4 Å². The maximum absolute atomic E-state index is 13.4. The summed E-state index contributed by atoms with van der Waals surface area (Å²) in [6.07, 6.45) is 0. The van der Waals surface area contributed by atoms with Gasteiger partial charge in [-0.2, -0.15) is 0 Å². The van der Waals surface area contributed by atoms with E-state index in [0.717, 1.165) is 10.5 Å². The molecule has 0 aliphatic carbocycles. The highest BCUT2D eigenvalue weighted by atomic mass is 79.9. The molecule has 0 atom stereocenters. The van der Waals surface area contributed by atoms with Crippen LogP contribution >= 0.6 is 15.9 Å². The Kier molecular flexibility index (Phi) is 2.69. The lowest BCUT2D eigenvalue weighted by Crippen LogP contribution is -2.30. The van der Waals surface area contributed by atoms with E-state index < -0.39 is 15.8 Å². The van der Waals surface area contributed by atoms with E-state index in [1.807, 2.05) is 0 Å². The van der Waals surface area contributed by atoms with E-state index in [9.17, 15) is 12.8 Å². The van der Waals surface area contributed by atoms with E-state index in [1.54, 1.807) is 18.2 Å². The summed E-state index contributed by atoms with van der Waals surface area (Å²) in [6, 6.07) is 8.97. The Bertz CT molecular complexity index is 789. The zero-order chi connectivity index (χ0) is 13.8. The smallest absolute Gasteiger partial charge is 0.264 e. The summed E-state index contributed by atoms with van der Waals surface area (Å²) in [7, 11) is -2.12. The van der Waals surface area contributed by atoms with Crippen molar-refractivity contribution in [3.8, 4) is 11.1 Å². The highest BCUT2D eigenvalue weighted by Gasteiger charge is 2.32. The first kappa shape index (κ1) is 12.6. The van der Waals surface area contributed by atoms with Crippen LogP contribution in [0.3, 0.4) is 0 Å². The fraction of sp³-hybridized carbons (Fsp3) is 0.0769. The maximum atomic E-state index is 13.4. The van der Waals surface area contributed by atoms with Crippen molar-refractivity contribution in [1.29, 1.82) is 0 Å². The molecule has 3 rings (SSSR count). The van der Waals surface area contributed by atoms with E-state index >= 15 is 0 Å². The first-order valence-corrected chi connectivity index (χ1v) is 7.73. The molecular weight excluding hydrogens is 333 g/mol. The lowest BCUT2D eigenvalue weighted by atomic mass is 10.0. The summed E-state index contributed by atoms with van der Waals surface area (Å²) in [5.74, 6) is -0.454. The Labute approximate surface area is 118 Å². The van der Waals surface area contributed by atoms with Gasteiger partial charge >= 0.3 is 0 Å². The molecule has 1 heterocycles. The Balaban J connectivity index is 2.45. The normalized spacial score (nSPS) is 15.8. The van der Waals surface area contributed by atoms with Crippen molar-refractivity contribution in [3.63, 3.8) is 0 Å². The Hall–Kier alpha value is -1.40. The van der Waals surface area contributed by atoms with Gasteiger partial charge in [-0.25, -0.2) is 12.8 Å². The van der Waals surface area contributed by atoms with Gasteiger partial charge in [0.25, 0.3) is 10.0 Å². The predicted octanol–water partition coefficient (Wildman–Crippen LogP) is 3.39. The molecule has 98 valence electrons. The number of hydrogen-bond acceptors (Lipinski definition) is 2. The molecule has 0 bridgehead atoms. The van der Waals surface area contributed by atoms with Gasteiger partial charge in [0.05, 0.1) is 10.6 Å². The number of nitrogens with zero attached hydrogens (tertiary/aromatic N) is 1. The summed E-state index contributed by atoms with van der Waals surface area (Å²) < 4.78 is 40.2. The summed E-state index contributed by atoms with van der Waals surface area (Å²) >= 11 is 3.35. The second-order valence-electron chi connectivity index (χ2n) is 4.27. The van der Waals surface area contributed by atoms with Crippen LogP contribution in [0.1, 0.15) is 0 Å². The van der Waals surface area contributed by atoms with Crippen LogP contribution in [0.2, 0.25) is 0 Å². The van der Waals surface area contributed by atoms with E-state index in [2.05, 4.69) is 15.9 Å². The molecular formula is C13H9BrFNO2S. The van der Waals surface area contributed by atoms with Gasteiger partial charge in [0.15, 0.2) is 0 Å². The van der Waals surface area contributed by atoms with Crippen molar-refractivity contribution >= 4 is 31.6 Å². The third kappa shape index (κ3) is 1.78. The average Bonchev–Trinajstić information content (AvgIpc) is 2.36. The van der Waals surface area contributed by atoms with Crippen LogP contribution in [-0.2, 0) is 10.0 Å². The molecule has 19 heavy (non-hydrogen) atoms. The lowest BCUT2D eigenvalue weighted by Gasteiger charge is -2.29. The predicted molar refractivity (Wildman–Crippen MR) is 75.1 cm³/mol. The topological polar surface area (TPSA) is 37.4 Å². The number of sulfonamides is 1. The molecule has 1 aliphatic heterocycles. The maximum Gasteiger partial charge on any atom is 0.264 e. The van der Waals surface area contributed by atoms with E-state index in [0.29, 0.717) is 16.8 Å². The van der Waals surface area contributed by atoms with Gasteiger partial charge in [-0.1, -0.05) is 15.9 Å². The summed E-state index contributed by atoms with van der Waals surface area (Å²) in [4.78, 5) is 0.127. The first-order chi connectivity index (χ1) is 8.91. The molecule has 0 amide bonds. The third-order valence-electron chi connectivity index (χ3n) is 3.17. The molecule has 0 saturated carbocycles. The van der Waals surface area contributed by atoms with E-state index in [-0.39, 0.29) is 4.90 Å². The van der Waals surface area contributed by atoms with Gasteiger partial charge in [-0.05, 0) is 36.4 Å². The molecule has 6 heteroatoms. The van der Waals surface area contributed by atoms with Gasteiger partial charge in [0.2, 0.25) is 0 Å². The van der Waals surface area contributed by atoms with Gasteiger partial charge in [0, 0.05) is 22.6 Å². The van der Waals surface area contributed by atoms with E-state index in [4.69, 9.17) is 0 Å². The molecule has 0 N–H and O–H groups in total. The molecule has 0 radical (unpaired) electrons.